The number of amides is 2. The van der Waals surface area contributed by atoms with E-state index in [-0.39, 0.29) is 12.6 Å². The number of aryl methyl sites for hydroxylation is 1. The fraction of sp³-hybridized carbons (Fsp3) is 0.438. The molecule has 1 fully saturated rings. The molecule has 1 saturated heterocycles. The van der Waals surface area contributed by atoms with Gasteiger partial charge in [-0.15, -0.1) is 0 Å². The Morgan fingerprint density at radius 1 is 1.39 bits per heavy atom. The highest BCUT2D eigenvalue weighted by atomic mass is 16.4. The zero-order valence-corrected chi connectivity index (χ0v) is 13.0. The van der Waals surface area contributed by atoms with E-state index in [1.165, 1.54) is 0 Å². The molecule has 2 N–H and O–H groups in total. The Labute approximate surface area is 133 Å². The molecule has 0 aliphatic carbocycles. The van der Waals surface area contributed by atoms with E-state index in [2.05, 4.69) is 10.4 Å². The number of aromatic nitrogens is 2. The Morgan fingerprint density at radius 2 is 2.17 bits per heavy atom. The molecule has 23 heavy (non-hydrogen) atoms. The lowest BCUT2D eigenvalue weighted by molar-refractivity contribution is -0.141. The van der Waals surface area contributed by atoms with Crippen molar-refractivity contribution in [2.75, 3.05) is 19.6 Å². The molecular formula is C16H20N4O3. The number of hydrogen-bond acceptors (Lipinski definition) is 3. The molecule has 0 radical (unpaired) electrons. The quantitative estimate of drug-likeness (QED) is 0.888. The number of hydrogen-bond donors (Lipinski definition) is 2. The zero-order valence-electron chi connectivity index (χ0n) is 13.0. The van der Waals surface area contributed by atoms with Crippen LogP contribution in [0.3, 0.4) is 0 Å². The van der Waals surface area contributed by atoms with Crippen LogP contribution in [0.4, 0.5) is 4.79 Å². The number of urea groups is 1. The van der Waals surface area contributed by atoms with Crippen molar-refractivity contribution in [1.82, 2.24) is 20.0 Å². The van der Waals surface area contributed by atoms with Crippen molar-refractivity contribution >= 4 is 22.9 Å². The largest absolute Gasteiger partial charge is 0.481 e. The minimum absolute atomic E-state index is 0.200. The van der Waals surface area contributed by atoms with Crippen molar-refractivity contribution in [3.8, 4) is 0 Å². The average Bonchev–Trinajstić information content (AvgIpc) is 3.14. The Morgan fingerprint density at radius 3 is 2.91 bits per heavy atom. The van der Waals surface area contributed by atoms with Crippen LogP contribution in [0.2, 0.25) is 0 Å². The second kappa shape index (κ2) is 6.28. The predicted molar refractivity (Wildman–Crippen MR) is 85.1 cm³/mol. The number of nitrogens with one attached hydrogen (secondary N) is 1. The van der Waals surface area contributed by atoms with Crippen LogP contribution in [0.1, 0.15) is 12.1 Å². The summed E-state index contributed by atoms with van der Waals surface area (Å²) in [6.45, 7) is 1.26. The third-order valence-electron chi connectivity index (χ3n) is 4.30. The summed E-state index contributed by atoms with van der Waals surface area (Å²) < 4.78 is 1.84. The number of carbonyl (C=O) groups excluding carboxylic acids is 1. The molecule has 3 rings (SSSR count). The van der Waals surface area contributed by atoms with Crippen molar-refractivity contribution in [1.29, 1.82) is 0 Å². The van der Waals surface area contributed by atoms with E-state index in [9.17, 15) is 9.59 Å². The molecule has 7 heteroatoms. The summed E-state index contributed by atoms with van der Waals surface area (Å²) in [6.07, 6.45) is 1.16. The molecule has 1 aliphatic heterocycles. The minimum atomic E-state index is -0.833. The van der Waals surface area contributed by atoms with E-state index >= 15 is 0 Å². The van der Waals surface area contributed by atoms with Gasteiger partial charge in [0.2, 0.25) is 0 Å². The molecule has 1 atom stereocenters. The van der Waals surface area contributed by atoms with Crippen LogP contribution in [0.25, 0.3) is 10.9 Å². The number of carboxylic acid groups (broad SMARTS) is 1. The van der Waals surface area contributed by atoms with Gasteiger partial charge in [-0.25, -0.2) is 4.79 Å². The summed E-state index contributed by atoms with van der Waals surface area (Å²) in [5, 5.41) is 17.4. The van der Waals surface area contributed by atoms with Crippen molar-refractivity contribution in [3.05, 3.63) is 30.0 Å². The van der Waals surface area contributed by atoms with Gasteiger partial charge in [0.05, 0.1) is 17.1 Å². The van der Waals surface area contributed by atoms with Crippen LogP contribution >= 0.6 is 0 Å². The van der Waals surface area contributed by atoms with Crippen molar-refractivity contribution < 1.29 is 14.7 Å². The van der Waals surface area contributed by atoms with Gasteiger partial charge in [0.15, 0.2) is 0 Å². The number of carbonyl (C=O) groups is 2. The topological polar surface area (TPSA) is 87.5 Å². The van der Waals surface area contributed by atoms with Crippen molar-refractivity contribution in [2.45, 2.75) is 12.8 Å². The summed E-state index contributed by atoms with van der Waals surface area (Å²) in [7, 11) is 1.90. The monoisotopic (exact) mass is 316 g/mol. The molecule has 0 saturated carbocycles. The third kappa shape index (κ3) is 3.13. The predicted octanol–water partition coefficient (Wildman–Crippen LogP) is 1.23. The molecule has 122 valence electrons. The molecule has 1 unspecified atom stereocenters. The van der Waals surface area contributed by atoms with Gasteiger partial charge in [-0.05, 0) is 12.5 Å². The number of rotatable bonds is 4. The lowest BCUT2D eigenvalue weighted by Gasteiger charge is -2.16. The highest BCUT2D eigenvalue weighted by molar-refractivity contribution is 5.82. The second-order valence-corrected chi connectivity index (χ2v) is 5.84. The standard InChI is InChI=1S/C16H20N4O3/c1-19-14-5-3-2-4-12(14)13(18-19)6-8-17-16(23)20-9-7-11(10-20)15(21)22/h2-5,11H,6-10H2,1H3,(H,17,23)(H,21,22). The van der Waals surface area contributed by atoms with Crippen LogP contribution in [-0.4, -0.2) is 51.4 Å². The van der Waals surface area contributed by atoms with E-state index in [1.807, 2.05) is 36.0 Å². The van der Waals surface area contributed by atoms with E-state index in [1.54, 1.807) is 4.90 Å². The minimum Gasteiger partial charge on any atom is -0.481 e. The maximum atomic E-state index is 12.1. The lowest BCUT2D eigenvalue weighted by atomic mass is 10.1. The Bertz CT molecular complexity index is 740. The Hall–Kier alpha value is -2.57. The molecule has 2 heterocycles. The molecule has 0 spiro atoms. The normalized spacial score (nSPS) is 17.6. The molecule has 2 amide bonds. The first-order valence-electron chi connectivity index (χ1n) is 7.72. The van der Waals surface area contributed by atoms with Crippen LogP contribution in [-0.2, 0) is 18.3 Å². The van der Waals surface area contributed by atoms with Crippen LogP contribution in [0, 0.1) is 5.92 Å². The molecule has 0 bridgehead atoms. The first-order valence-corrected chi connectivity index (χ1v) is 7.72. The number of fused-ring (bicyclic) bond motifs is 1. The lowest BCUT2D eigenvalue weighted by Crippen LogP contribution is -2.39. The fourth-order valence-corrected chi connectivity index (χ4v) is 3.02. The van der Waals surface area contributed by atoms with Gasteiger partial charge in [-0.2, -0.15) is 5.10 Å². The summed E-state index contributed by atoms with van der Waals surface area (Å²) in [6, 6.07) is 7.79. The zero-order chi connectivity index (χ0) is 16.4. The fourth-order valence-electron chi connectivity index (χ4n) is 3.02. The van der Waals surface area contributed by atoms with Gasteiger partial charge in [0.25, 0.3) is 0 Å². The van der Waals surface area contributed by atoms with Gasteiger partial charge < -0.3 is 15.3 Å². The molecule has 1 aromatic carbocycles. The van der Waals surface area contributed by atoms with Gasteiger partial charge in [-0.3, -0.25) is 9.48 Å². The Kier molecular flexibility index (Phi) is 4.18. The SMILES string of the molecule is Cn1nc(CCNC(=O)N2CCC(C(=O)O)C2)c2ccccc21. The highest BCUT2D eigenvalue weighted by Gasteiger charge is 2.30. The summed E-state index contributed by atoms with van der Waals surface area (Å²) in [5.74, 6) is -1.28. The number of carboxylic acids is 1. The average molecular weight is 316 g/mol. The highest BCUT2D eigenvalue weighted by Crippen LogP contribution is 2.18. The first kappa shape index (κ1) is 15.3. The number of benzene rings is 1. The van der Waals surface area contributed by atoms with Crippen LogP contribution < -0.4 is 5.32 Å². The number of likely N-dealkylation sites (tertiary alicyclic amines) is 1. The summed E-state index contributed by atoms with van der Waals surface area (Å²) in [4.78, 5) is 24.6. The van der Waals surface area contributed by atoms with Crippen LogP contribution in [0.5, 0.6) is 0 Å². The number of nitrogens with zero attached hydrogens (tertiary/aromatic N) is 3. The van der Waals surface area contributed by atoms with E-state index in [0.717, 1.165) is 16.6 Å². The van der Waals surface area contributed by atoms with Crippen molar-refractivity contribution in [2.24, 2.45) is 13.0 Å². The first-order chi connectivity index (χ1) is 11.1. The molecular weight excluding hydrogens is 296 g/mol. The van der Waals surface area contributed by atoms with E-state index < -0.39 is 11.9 Å². The maximum absolute atomic E-state index is 12.1. The van der Waals surface area contributed by atoms with Crippen molar-refractivity contribution in [3.63, 3.8) is 0 Å². The molecule has 1 aliphatic rings. The number of para-hydroxylation sites is 1. The molecule has 2 aromatic rings. The second-order valence-electron chi connectivity index (χ2n) is 5.84. The smallest absolute Gasteiger partial charge is 0.317 e. The third-order valence-corrected chi connectivity index (χ3v) is 4.30. The van der Waals surface area contributed by atoms with Gasteiger partial charge in [0.1, 0.15) is 0 Å². The van der Waals surface area contributed by atoms with E-state index in [0.29, 0.717) is 25.9 Å². The van der Waals surface area contributed by atoms with E-state index in [4.69, 9.17) is 5.11 Å². The summed E-state index contributed by atoms with van der Waals surface area (Å²) >= 11 is 0. The molecule has 7 nitrogen and oxygen atoms in total. The van der Waals surface area contributed by atoms with Gasteiger partial charge >= 0.3 is 12.0 Å². The van der Waals surface area contributed by atoms with Gasteiger partial charge in [-0.1, -0.05) is 18.2 Å². The van der Waals surface area contributed by atoms with Crippen LogP contribution in [0.15, 0.2) is 24.3 Å². The molecule has 1 aromatic heterocycles. The summed E-state index contributed by atoms with van der Waals surface area (Å²) in [5.41, 5.74) is 2.02. The number of aliphatic carboxylic acids is 1. The van der Waals surface area contributed by atoms with Gasteiger partial charge in [0, 0.05) is 38.5 Å². The maximum Gasteiger partial charge on any atom is 0.317 e. The Balaban J connectivity index is 1.55.